The summed E-state index contributed by atoms with van der Waals surface area (Å²) in [5, 5.41) is 9.68. The fourth-order valence-electron chi connectivity index (χ4n) is 4.59. The first-order valence-electron chi connectivity index (χ1n) is 16.3. The van der Waals surface area contributed by atoms with Crippen molar-refractivity contribution in [3.8, 4) is 23.0 Å². The van der Waals surface area contributed by atoms with E-state index in [1.54, 1.807) is 42.5 Å². The second-order valence-electron chi connectivity index (χ2n) is 11.1. The first kappa shape index (κ1) is 37.8. The molecule has 0 unspecified atom stereocenters. The Balaban J connectivity index is 1.67. The van der Waals surface area contributed by atoms with E-state index < -0.39 is 0 Å². The number of allylic oxidation sites excluding steroid dienone is 6. The molecule has 0 aromatic heterocycles. The van der Waals surface area contributed by atoms with Crippen molar-refractivity contribution in [1.29, 1.82) is 0 Å². The average molecular weight is 631 g/mol. The fraction of sp³-hybridized carbons (Fsp3) is 0.410. The molecule has 7 heteroatoms. The number of phenolic OH excluding ortho intramolecular Hbond substituents is 1. The molecular weight excluding hydrogens is 580 g/mol. The van der Waals surface area contributed by atoms with Crippen LogP contribution in [0.25, 0.3) is 12.2 Å². The molecule has 0 spiro atoms. The number of benzene rings is 2. The van der Waals surface area contributed by atoms with Crippen LogP contribution in [0.15, 0.2) is 72.9 Å². The summed E-state index contributed by atoms with van der Waals surface area (Å²) in [6.45, 7) is 2.23. The largest absolute Gasteiger partial charge is 0.504 e. The highest BCUT2D eigenvalue weighted by Crippen LogP contribution is 2.29. The van der Waals surface area contributed by atoms with Crippen molar-refractivity contribution in [1.82, 2.24) is 0 Å². The first-order valence-corrected chi connectivity index (χ1v) is 16.3. The minimum absolute atomic E-state index is 0.00141. The SMILES string of the molecule is CCCCC/C=C\C/C=C\CCCCCCCC(=O)Oc1ccc(/C=C/C(=O)CC(=O)/C=C/c2ccc(O)c(OC)c2)cc1OC. The predicted molar refractivity (Wildman–Crippen MR) is 185 cm³/mol. The molecule has 0 aliphatic heterocycles. The monoisotopic (exact) mass is 630 g/mol. The van der Waals surface area contributed by atoms with E-state index in [2.05, 4.69) is 31.2 Å². The van der Waals surface area contributed by atoms with E-state index in [0.717, 1.165) is 44.9 Å². The van der Waals surface area contributed by atoms with Crippen LogP contribution in [0.2, 0.25) is 0 Å². The van der Waals surface area contributed by atoms with Crippen LogP contribution in [0.1, 0.15) is 102 Å². The number of carbonyl (C=O) groups excluding carboxylic acids is 3. The predicted octanol–water partition coefficient (Wildman–Crippen LogP) is 9.38. The minimum atomic E-state index is -0.357. The highest BCUT2D eigenvalue weighted by molar-refractivity contribution is 6.10. The molecule has 2 aromatic rings. The highest BCUT2D eigenvalue weighted by atomic mass is 16.6. The zero-order valence-corrected chi connectivity index (χ0v) is 27.7. The van der Waals surface area contributed by atoms with Crippen LogP contribution in [0.5, 0.6) is 23.0 Å². The van der Waals surface area contributed by atoms with Gasteiger partial charge in [0.15, 0.2) is 34.6 Å². The van der Waals surface area contributed by atoms with Crippen molar-refractivity contribution in [2.75, 3.05) is 14.2 Å². The number of carbonyl (C=O) groups is 3. The van der Waals surface area contributed by atoms with Gasteiger partial charge in [-0.25, -0.2) is 0 Å². The van der Waals surface area contributed by atoms with Crippen molar-refractivity contribution in [3.63, 3.8) is 0 Å². The van der Waals surface area contributed by atoms with Gasteiger partial charge in [0, 0.05) is 6.42 Å². The summed E-state index contributed by atoms with van der Waals surface area (Å²) in [7, 11) is 2.93. The van der Waals surface area contributed by atoms with Gasteiger partial charge < -0.3 is 19.3 Å². The van der Waals surface area contributed by atoms with E-state index >= 15 is 0 Å². The summed E-state index contributed by atoms with van der Waals surface area (Å²) in [6.07, 6.45) is 27.2. The molecular formula is C39H50O7. The number of unbranched alkanes of at least 4 members (excludes halogenated alkanes) is 8. The summed E-state index contributed by atoms with van der Waals surface area (Å²) in [4.78, 5) is 37.0. The lowest BCUT2D eigenvalue weighted by atomic mass is 10.1. The van der Waals surface area contributed by atoms with Crippen molar-refractivity contribution >= 4 is 29.7 Å². The van der Waals surface area contributed by atoms with Gasteiger partial charge in [0.1, 0.15) is 0 Å². The maximum Gasteiger partial charge on any atom is 0.311 e. The van der Waals surface area contributed by atoms with E-state index in [0.29, 0.717) is 34.8 Å². The Bertz CT molecular complexity index is 1350. The number of hydrogen-bond acceptors (Lipinski definition) is 7. The molecule has 2 aromatic carbocycles. The third kappa shape index (κ3) is 16.1. The third-order valence-electron chi connectivity index (χ3n) is 7.22. The van der Waals surface area contributed by atoms with Crippen molar-refractivity contribution < 1.29 is 33.7 Å². The fourth-order valence-corrected chi connectivity index (χ4v) is 4.59. The molecule has 1 N–H and O–H groups in total. The summed E-state index contributed by atoms with van der Waals surface area (Å²) >= 11 is 0. The second-order valence-corrected chi connectivity index (χ2v) is 11.1. The van der Waals surface area contributed by atoms with Crippen molar-refractivity contribution in [2.45, 2.75) is 90.4 Å². The van der Waals surface area contributed by atoms with Crippen LogP contribution in [0.3, 0.4) is 0 Å². The summed E-state index contributed by atoms with van der Waals surface area (Å²) < 4.78 is 16.0. The van der Waals surface area contributed by atoms with Crippen LogP contribution in [-0.2, 0) is 14.4 Å². The Morgan fingerprint density at radius 2 is 1.24 bits per heavy atom. The van der Waals surface area contributed by atoms with Gasteiger partial charge in [0.25, 0.3) is 0 Å². The van der Waals surface area contributed by atoms with Gasteiger partial charge >= 0.3 is 5.97 Å². The standard InChI is InChI=1S/C39H50O7/c1-4-5-6-7-8-9-10-11-12-13-14-15-16-17-18-19-39(43)46-36-27-23-32(29-38(36)45-3)21-25-34(41)30-33(40)24-20-31-22-26-35(42)37(28-31)44-2/h8-9,11-12,20-29,42H,4-7,10,13-19,30H2,1-3H3/b9-8-,12-11-,24-20+,25-21+. The molecule has 0 aliphatic rings. The number of esters is 1. The Hall–Kier alpha value is -4.39. The number of rotatable bonds is 23. The molecule has 0 aliphatic carbocycles. The van der Waals surface area contributed by atoms with Gasteiger partial charge in [-0.1, -0.05) is 87.6 Å². The Kier molecular flexibility index (Phi) is 18.9. The number of phenols is 1. The van der Waals surface area contributed by atoms with Gasteiger partial charge in [0.2, 0.25) is 0 Å². The topological polar surface area (TPSA) is 99.1 Å². The average Bonchev–Trinajstić information content (AvgIpc) is 3.05. The van der Waals surface area contributed by atoms with Crippen LogP contribution in [0.4, 0.5) is 0 Å². The summed E-state index contributed by atoms with van der Waals surface area (Å²) in [6, 6.07) is 9.71. The molecule has 0 saturated carbocycles. The highest BCUT2D eigenvalue weighted by Gasteiger charge is 2.11. The van der Waals surface area contributed by atoms with Crippen molar-refractivity contribution in [2.24, 2.45) is 0 Å². The summed E-state index contributed by atoms with van der Waals surface area (Å²) in [5.74, 6) is -0.0189. The van der Waals surface area contributed by atoms with E-state index in [9.17, 15) is 19.5 Å². The maximum absolute atomic E-state index is 12.4. The summed E-state index contributed by atoms with van der Waals surface area (Å²) in [5.41, 5.74) is 1.32. The van der Waals surface area contributed by atoms with Crippen LogP contribution < -0.4 is 14.2 Å². The van der Waals surface area contributed by atoms with Crippen molar-refractivity contribution in [3.05, 3.63) is 84.0 Å². The lowest BCUT2D eigenvalue weighted by Gasteiger charge is -2.10. The molecule has 0 heterocycles. The second kappa shape index (κ2) is 23.0. The molecule has 2 rings (SSSR count). The van der Waals surface area contributed by atoms with E-state index in [-0.39, 0.29) is 29.7 Å². The minimum Gasteiger partial charge on any atom is -0.504 e. The van der Waals surface area contributed by atoms with Gasteiger partial charge in [-0.3, -0.25) is 14.4 Å². The Morgan fingerprint density at radius 3 is 1.87 bits per heavy atom. The molecule has 46 heavy (non-hydrogen) atoms. The lowest BCUT2D eigenvalue weighted by molar-refractivity contribution is -0.134. The smallest absolute Gasteiger partial charge is 0.311 e. The van der Waals surface area contributed by atoms with Gasteiger partial charge in [0.05, 0.1) is 20.6 Å². The van der Waals surface area contributed by atoms with Gasteiger partial charge in [-0.2, -0.15) is 0 Å². The number of ketones is 2. The van der Waals surface area contributed by atoms with E-state index in [4.69, 9.17) is 14.2 Å². The maximum atomic E-state index is 12.4. The molecule has 0 amide bonds. The third-order valence-corrected chi connectivity index (χ3v) is 7.22. The van der Waals surface area contributed by atoms with Crippen LogP contribution in [0, 0.1) is 0 Å². The molecule has 248 valence electrons. The van der Waals surface area contributed by atoms with Crippen LogP contribution in [-0.4, -0.2) is 36.9 Å². The Morgan fingerprint density at radius 1 is 0.674 bits per heavy atom. The molecule has 0 fully saturated rings. The molecule has 0 radical (unpaired) electrons. The number of hydrogen-bond donors (Lipinski definition) is 1. The normalized spacial score (nSPS) is 11.6. The Labute approximate surface area is 274 Å². The molecule has 0 atom stereocenters. The molecule has 0 saturated heterocycles. The zero-order chi connectivity index (χ0) is 33.4. The van der Waals surface area contributed by atoms with E-state index in [1.165, 1.54) is 58.1 Å². The van der Waals surface area contributed by atoms with Gasteiger partial charge in [-0.05, 0) is 86.1 Å². The quantitative estimate of drug-likeness (QED) is 0.0326. The number of aromatic hydroxyl groups is 1. The van der Waals surface area contributed by atoms with Crippen LogP contribution >= 0.6 is 0 Å². The molecule has 7 nitrogen and oxygen atoms in total. The van der Waals surface area contributed by atoms with E-state index in [1.807, 2.05) is 0 Å². The lowest BCUT2D eigenvalue weighted by Crippen LogP contribution is -2.08. The molecule has 0 bridgehead atoms. The zero-order valence-electron chi connectivity index (χ0n) is 27.7. The number of methoxy groups -OCH3 is 2. The van der Waals surface area contributed by atoms with Gasteiger partial charge in [-0.15, -0.1) is 0 Å². The first-order chi connectivity index (χ1) is 22.4. The number of ether oxygens (including phenoxy) is 3.